The first kappa shape index (κ1) is 12.6. The van der Waals surface area contributed by atoms with Crippen molar-refractivity contribution in [2.75, 3.05) is 5.43 Å². The topological polar surface area (TPSA) is 58.4 Å². The maximum absolute atomic E-state index is 13.6. The number of hydrogen-bond acceptors (Lipinski definition) is 3. The lowest BCUT2D eigenvalue weighted by atomic mass is 10.1. The van der Waals surface area contributed by atoms with E-state index in [9.17, 15) is 9.18 Å². The molecule has 0 radical (unpaired) electrons. The summed E-state index contributed by atoms with van der Waals surface area (Å²) in [5.41, 5.74) is 4.80. The number of amides is 1. The van der Waals surface area contributed by atoms with Crippen LogP contribution in [0.4, 0.5) is 10.1 Å². The Labute approximate surface area is 116 Å². The molecule has 1 aliphatic heterocycles. The highest BCUT2D eigenvalue weighted by atomic mass is 19.1. The molecule has 0 saturated heterocycles. The molecule has 0 aromatic heterocycles. The number of hydrogen-bond donors (Lipinski definition) is 2. The maximum atomic E-state index is 13.6. The van der Waals surface area contributed by atoms with Crippen LogP contribution in [-0.4, -0.2) is 10.8 Å². The van der Waals surface area contributed by atoms with Crippen molar-refractivity contribution in [1.29, 1.82) is 0 Å². The van der Waals surface area contributed by atoms with Gasteiger partial charge in [0.1, 0.15) is 5.82 Å². The minimum absolute atomic E-state index is 0.0356. The molecule has 1 amide bonds. The second-order valence-corrected chi connectivity index (χ2v) is 4.74. The van der Waals surface area contributed by atoms with Crippen LogP contribution in [0.2, 0.25) is 0 Å². The fourth-order valence-corrected chi connectivity index (χ4v) is 2.50. The Balaban J connectivity index is 1.91. The van der Waals surface area contributed by atoms with E-state index in [1.807, 2.05) is 24.3 Å². The van der Waals surface area contributed by atoms with E-state index in [0.29, 0.717) is 13.1 Å². The smallest absolute Gasteiger partial charge is 0.256 e. The number of carbonyl (C=O) groups excluding carboxylic acids is 1. The van der Waals surface area contributed by atoms with Gasteiger partial charge in [-0.2, -0.15) is 0 Å². The van der Waals surface area contributed by atoms with E-state index in [4.69, 9.17) is 5.84 Å². The molecule has 0 fully saturated rings. The molecule has 20 heavy (non-hydrogen) atoms. The molecule has 0 saturated carbocycles. The third-order valence-electron chi connectivity index (χ3n) is 3.52. The van der Waals surface area contributed by atoms with Gasteiger partial charge >= 0.3 is 0 Å². The zero-order valence-electron chi connectivity index (χ0n) is 10.8. The normalized spacial score (nSPS) is 13.2. The molecule has 4 nitrogen and oxygen atoms in total. The standard InChI is InChI=1S/C15H14FN3O/c16-13-7-3-6-12(14(13)18-17)15(20)19-8-10-4-1-2-5-11(10)9-19/h1-7,18H,8-9,17H2. The Morgan fingerprint density at radius 1 is 1.10 bits per heavy atom. The minimum Gasteiger partial charge on any atom is -0.330 e. The number of hydrazine groups is 1. The number of anilines is 1. The van der Waals surface area contributed by atoms with Crippen molar-refractivity contribution in [3.8, 4) is 0 Å². The lowest BCUT2D eigenvalue weighted by Gasteiger charge is -2.17. The highest BCUT2D eigenvalue weighted by molar-refractivity contribution is 5.99. The zero-order valence-corrected chi connectivity index (χ0v) is 10.8. The fourth-order valence-electron chi connectivity index (χ4n) is 2.50. The number of fused-ring (bicyclic) bond motifs is 1. The van der Waals surface area contributed by atoms with Crippen LogP contribution in [-0.2, 0) is 13.1 Å². The van der Waals surface area contributed by atoms with Crippen LogP contribution in [0.5, 0.6) is 0 Å². The number of nitrogens with zero attached hydrogens (tertiary/aromatic N) is 1. The Morgan fingerprint density at radius 2 is 1.75 bits per heavy atom. The number of para-hydroxylation sites is 1. The number of nitrogen functional groups attached to an aromatic ring is 1. The first-order valence-corrected chi connectivity index (χ1v) is 6.32. The Morgan fingerprint density at radius 3 is 2.35 bits per heavy atom. The highest BCUT2D eigenvalue weighted by Crippen LogP contribution is 2.27. The maximum Gasteiger partial charge on any atom is 0.256 e. The number of nitrogens with two attached hydrogens (primary N) is 1. The molecule has 0 aliphatic carbocycles. The largest absolute Gasteiger partial charge is 0.330 e. The number of carbonyl (C=O) groups is 1. The fraction of sp³-hybridized carbons (Fsp3) is 0.133. The summed E-state index contributed by atoms with van der Waals surface area (Å²) in [7, 11) is 0. The molecular formula is C15H14FN3O. The summed E-state index contributed by atoms with van der Waals surface area (Å²) in [6.07, 6.45) is 0. The molecule has 2 aromatic carbocycles. The van der Waals surface area contributed by atoms with E-state index in [-0.39, 0.29) is 17.2 Å². The molecule has 102 valence electrons. The Hall–Kier alpha value is -2.40. The van der Waals surface area contributed by atoms with E-state index < -0.39 is 5.82 Å². The number of nitrogens with one attached hydrogen (secondary N) is 1. The van der Waals surface area contributed by atoms with E-state index in [1.54, 1.807) is 11.0 Å². The van der Waals surface area contributed by atoms with Gasteiger partial charge in [0.05, 0.1) is 11.3 Å². The third-order valence-corrected chi connectivity index (χ3v) is 3.52. The molecule has 1 heterocycles. The van der Waals surface area contributed by atoms with Gasteiger partial charge in [-0.25, -0.2) is 4.39 Å². The predicted octanol–water partition coefficient (Wildman–Crippen LogP) is 2.27. The molecule has 0 spiro atoms. The van der Waals surface area contributed by atoms with Crippen LogP contribution in [0.1, 0.15) is 21.5 Å². The molecule has 0 atom stereocenters. The summed E-state index contributed by atoms with van der Waals surface area (Å²) in [4.78, 5) is 14.2. The van der Waals surface area contributed by atoms with Gasteiger partial charge in [0, 0.05) is 13.1 Å². The highest BCUT2D eigenvalue weighted by Gasteiger charge is 2.26. The van der Waals surface area contributed by atoms with Gasteiger partial charge in [-0.3, -0.25) is 10.6 Å². The molecule has 0 unspecified atom stereocenters. The average Bonchev–Trinajstić information content (AvgIpc) is 2.90. The van der Waals surface area contributed by atoms with Gasteiger partial charge in [-0.15, -0.1) is 0 Å². The van der Waals surface area contributed by atoms with Crippen molar-refractivity contribution in [3.63, 3.8) is 0 Å². The second-order valence-electron chi connectivity index (χ2n) is 4.74. The first-order chi connectivity index (χ1) is 9.70. The quantitative estimate of drug-likeness (QED) is 0.650. The lowest BCUT2D eigenvalue weighted by Crippen LogP contribution is -2.27. The van der Waals surface area contributed by atoms with Crippen molar-refractivity contribution in [2.45, 2.75) is 13.1 Å². The summed E-state index contributed by atoms with van der Waals surface area (Å²) < 4.78 is 13.6. The Kier molecular flexibility index (Phi) is 3.12. The number of rotatable bonds is 2. The molecule has 1 aliphatic rings. The van der Waals surface area contributed by atoms with Crippen molar-refractivity contribution < 1.29 is 9.18 Å². The molecule has 0 bridgehead atoms. The van der Waals surface area contributed by atoms with Crippen LogP contribution < -0.4 is 11.3 Å². The van der Waals surface area contributed by atoms with Gasteiger partial charge in [-0.1, -0.05) is 30.3 Å². The summed E-state index contributed by atoms with van der Waals surface area (Å²) >= 11 is 0. The molecule has 3 rings (SSSR count). The summed E-state index contributed by atoms with van der Waals surface area (Å²) in [5, 5.41) is 0. The van der Waals surface area contributed by atoms with Crippen LogP contribution in [0.25, 0.3) is 0 Å². The molecule has 2 aromatic rings. The van der Waals surface area contributed by atoms with Crippen molar-refractivity contribution in [2.24, 2.45) is 5.84 Å². The average molecular weight is 271 g/mol. The molecule has 5 heteroatoms. The van der Waals surface area contributed by atoms with E-state index in [1.165, 1.54) is 12.1 Å². The number of halogens is 1. The van der Waals surface area contributed by atoms with Crippen molar-refractivity contribution in [1.82, 2.24) is 4.90 Å². The van der Waals surface area contributed by atoms with Gasteiger partial charge in [-0.05, 0) is 23.3 Å². The summed E-state index contributed by atoms with van der Waals surface area (Å²) in [6.45, 7) is 1.07. The second kappa shape index (κ2) is 4.94. The molecule has 3 N–H and O–H groups in total. The van der Waals surface area contributed by atoms with E-state index in [2.05, 4.69) is 5.43 Å². The minimum atomic E-state index is -0.532. The van der Waals surface area contributed by atoms with Crippen LogP contribution >= 0.6 is 0 Å². The van der Waals surface area contributed by atoms with Crippen LogP contribution in [0.15, 0.2) is 42.5 Å². The SMILES string of the molecule is NNc1c(F)cccc1C(=O)N1Cc2ccccc2C1. The summed E-state index contributed by atoms with van der Waals surface area (Å²) in [5.74, 6) is 4.55. The monoisotopic (exact) mass is 271 g/mol. The molecular weight excluding hydrogens is 257 g/mol. The van der Waals surface area contributed by atoms with Gasteiger partial charge < -0.3 is 10.3 Å². The third kappa shape index (κ3) is 2.02. The first-order valence-electron chi connectivity index (χ1n) is 6.32. The van der Waals surface area contributed by atoms with E-state index in [0.717, 1.165) is 11.1 Å². The van der Waals surface area contributed by atoms with E-state index >= 15 is 0 Å². The van der Waals surface area contributed by atoms with Crippen LogP contribution in [0.3, 0.4) is 0 Å². The van der Waals surface area contributed by atoms with Crippen LogP contribution in [0, 0.1) is 5.82 Å². The van der Waals surface area contributed by atoms with Gasteiger partial charge in [0.2, 0.25) is 0 Å². The van der Waals surface area contributed by atoms with Crippen molar-refractivity contribution in [3.05, 3.63) is 65.0 Å². The van der Waals surface area contributed by atoms with Crippen molar-refractivity contribution >= 4 is 11.6 Å². The lowest BCUT2D eigenvalue weighted by molar-refractivity contribution is 0.0752. The van der Waals surface area contributed by atoms with Gasteiger partial charge in [0.25, 0.3) is 5.91 Å². The zero-order chi connectivity index (χ0) is 14.1. The predicted molar refractivity (Wildman–Crippen MR) is 74.2 cm³/mol. The number of benzene rings is 2. The summed E-state index contributed by atoms with van der Waals surface area (Å²) in [6, 6.07) is 12.2. The van der Waals surface area contributed by atoms with Gasteiger partial charge in [0.15, 0.2) is 0 Å². The Bertz CT molecular complexity index is 647.